The Kier molecular flexibility index (Phi) is 5.83. The minimum absolute atomic E-state index is 0.250. The number of hydrogen-bond acceptors (Lipinski definition) is 4. The van der Waals surface area contributed by atoms with Crippen LogP contribution in [0.1, 0.15) is 17.9 Å². The first-order valence-corrected chi connectivity index (χ1v) is 11.8. The maximum atomic E-state index is 12.4. The molecule has 6 nitrogen and oxygen atoms in total. The highest BCUT2D eigenvalue weighted by Crippen LogP contribution is 2.58. The van der Waals surface area contributed by atoms with Gasteiger partial charge in [0.2, 0.25) is 0 Å². The fourth-order valence-electron chi connectivity index (χ4n) is 3.83. The summed E-state index contributed by atoms with van der Waals surface area (Å²) in [6, 6.07) is 18.4. The smallest absolute Gasteiger partial charge is 0.331 e. The van der Waals surface area contributed by atoms with Crippen LogP contribution < -0.4 is 9.21 Å². The number of benzene rings is 2. The minimum atomic E-state index is -2.51. The van der Waals surface area contributed by atoms with Crippen molar-refractivity contribution in [3.63, 3.8) is 0 Å². The highest BCUT2D eigenvalue weighted by Gasteiger charge is 2.67. The number of hydrogen-bond donors (Lipinski definition) is 2. The van der Waals surface area contributed by atoms with Gasteiger partial charge < -0.3 is 10.0 Å². The van der Waals surface area contributed by atoms with Gasteiger partial charge in [0.05, 0.1) is 0 Å². The quantitative estimate of drug-likeness (QED) is 0.464. The van der Waals surface area contributed by atoms with E-state index in [9.17, 15) is 18.7 Å². The first-order valence-electron chi connectivity index (χ1n) is 9.51. The van der Waals surface area contributed by atoms with Gasteiger partial charge in [0.1, 0.15) is 5.00 Å². The van der Waals surface area contributed by atoms with E-state index < -0.39 is 28.7 Å². The lowest BCUT2D eigenvalue weighted by Gasteiger charge is -2.27. The van der Waals surface area contributed by atoms with E-state index in [-0.39, 0.29) is 6.42 Å². The summed E-state index contributed by atoms with van der Waals surface area (Å²) in [5.74, 6) is -1.52. The number of carboxylic acid groups (broad SMARTS) is 1. The van der Waals surface area contributed by atoms with Crippen molar-refractivity contribution in [3.05, 3.63) is 71.2 Å². The SMILES string of the molecule is CN(C)c1cccc(C2CC2(C(=O)O)N(c2ccc(-c3ccc(Cl)cc3)s2)S(=O)O)c1. The van der Waals surface area contributed by atoms with Gasteiger partial charge >= 0.3 is 5.97 Å². The van der Waals surface area contributed by atoms with Crippen LogP contribution in [0, 0.1) is 0 Å². The summed E-state index contributed by atoms with van der Waals surface area (Å²) in [6.45, 7) is 0. The van der Waals surface area contributed by atoms with E-state index in [0.717, 1.165) is 26.0 Å². The number of carboxylic acids is 1. The molecule has 162 valence electrons. The normalized spacial score (nSPS) is 20.8. The van der Waals surface area contributed by atoms with Crippen LogP contribution in [0.3, 0.4) is 0 Å². The lowest BCUT2D eigenvalue weighted by Crippen LogP contribution is -2.45. The van der Waals surface area contributed by atoms with Crippen molar-refractivity contribution in [2.75, 3.05) is 23.3 Å². The molecule has 9 heteroatoms. The van der Waals surface area contributed by atoms with E-state index in [1.807, 2.05) is 61.5 Å². The van der Waals surface area contributed by atoms with Crippen molar-refractivity contribution in [1.29, 1.82) is 0 Å². The molecule has 4 rings (SSSR count). The van der Waals surface area contributed by atoms with Crippen LogP contribution in [0.15, 0.2) is 60.7 Å². The van der Waals surface area contributed by atoms with Gasteiger partial charge in [-0.2, -0.15) is 0 Å². The zero-order chi connectivity index (χ0) is 22.3. The van der Waals surface area contributed by atoms with Crippen molar-refractivity contribution in [2.24, 2.45) is 0 Å². The predicted octanol–water partition coefficient (Wildman–Crippen LogP) is 5.09. The number of aliphatic carboxylic acids is 1. The molecule has 1 fully saturated rings. The van der Waals surface area contributed by atoms with E-state index in [4.69, 9.17) is 11.6 Å². The van der Waals surface area contributed by atoms with Crippen molar-refractivity contribution in [3.8, 4) is 10.4 Å². The molecule has 0 saturated heterocycles. The molecule has 0 amide bonds. The Bertz CT molecular complexity index is 1150. The van der Waals surface area contributed by atoms with Gasteiger partial charge in [-0.3, -0.25) is 4.55 Å². The first kappa shape index (κ1) is 21.8. The molecule has 1 heterocycles. The number of thiophene rings is 1. The number of nitrogens with zero attached hydrogens (tertiary/aromatic N) is 2. The first-order chi connectivity index (χ1) is 14.7. The molecular weight excluding hydrogens is 456 g/mol. The Morgan fingerprint density at radius 1 is 1.16 bits per heavy atom. The number of carbonyl (C=O) groups is 1. The van der Waals surface area contributed by atoms with Gasteiger partial charge in [0.25, 0.3) is 11.3 Å². The van der Waals surface area contributed by atoms with Crippen LogP contribution in [0.4, 0.5) is 10.7 Å². The van der Waals surface area contributed by atoms with Crippen LogP contribution in [0.25, 0.3) is 10.4 Å². The molecule has 3 aromatic rings. The van der Waals surface area contributed by atoms with E-state index in [2.05, 4.69) is 0 Å². The van der Waals surface area contributed by atoms with Gasteiger partial charge in [-0.15, -0.1) is 11.3 Å². The van der Waals surface area contributed by atoms with Crippen LogP contribution in [0.2, 0.25) is 5.02 Å². The van der Waals surface area contributed by atoms with E-state index in [1.165, 1.54) is 11.3 Å². The molecule has 1 aliphatic carbocycles. The molecule has 3 atom stereocenters. The number of halogens is 1. The maximum Gasteiger partial charge on any atom is 0.331 e. The topological polar surface area (TPSA) is 81.1 Å². The molecule has 2 aromatic carbocycles. The Morgan fingerprint density at radius 2 is 1.87 bits per heavy atom. The molecule has 3 unspecified atom stereocenters. The Morgan fingerprint density at radius 3 is 2.48 bits per heavy atom. The molecule has 0 bridgehead atoms. The molecular formula is C22H21ClN2O4S2. The molecule has 31 heavy (non-hydrogen) atoms. The average molecular weight is 477 g/mol. The van der Waals surface area contributed by atoms with Crippen molar-refractivity contribution in [1.82, 2.24) is 0 Å². The Hall–Kier alpha value is -2.39. The van der Waals surface area contributed by atoms with Crippen LogP contribution in [-0.4, -0.2) is 39.5 Å². The fraction of sp³-hybridized carbons (Fsp3) is 0.227. The van der Waals surface area contributed by atoms with Gasteiger partial charge in [-0.05, 0) is 53.9 Å². The molecule has 0 spiro atoms. The third-order valence-electron chi connectivity index (χ3n) is 5.53. The second-order valence-corrected chi connectivity index (χ2v) is 9.97. The zero-order valence-electron chi connectivity index (χ0n) is 16.9. The summed E-state index contributed by atoms with van der Waals surface area (Å²) in [7, 11) is 3.82. The van der Waals surface area contributed by atoms with Gasteiger partial charge in [0.15, 0.2) is 5.54 Å². The maximum absolute atomic E-state index is 12.4. The highest BCUT2D eigenvalue weighted by atomic mass is 35.5. The summed E-state index contributed by atoms with van der Waals surface area (Å²) in [6.07, 6.45) is 0.250. The largest absolute Gasteiger partial charge is 0.479 e. The molecule has 1 aromatic heterocycles. The molecule has 0 aliphatic heterocycles. The summed E-state index contributed by atoms with van der Waals surface area (Å²) in [4.78, 5) is 15.2. The molecule has 1 saturated carbocycles. The molecule has 1 aliphatic rings. The summed E-state index contributed by atoms with van der Waals surface area (Å²) in [5, 5.41) is 11.2. The van der Waals surface area contributed by atoms with E-state index >= 15 is 0 Å². The van der Waals surface area contributed by atoms with Gasteiger partial charge in [-0.25, -0.2) is 13.3 Å². The van der Waals surface area contributed by atoms with Crippen molar-refractivity contribution in [2.45, 2.75) is 17.9 Å². The number of anilines is 2. The fourth-order valence-corrected chi connectivity index (χ4v) is 6.03. The van der Waals surface area contributed by atoms with Gasteiger partial charge in [-0.1, -0.05) is 35.9 Å². The lowest BCUT2D eigenvalue weighted by molar-refractivity contribution is -0.139. The molecule has 0 radical (unpaired) electrons. The van der Waals surface area contributed by atoms with Crippen LogP contribution in [-0.2, 0) is 16.1 Å². The van der Waals surface area contributed by atoms with Crippen molar-refractivity contribution < 1.29 is 18.7 Å². The van der Waals surface area contributed by atoms with E-state index in [1.54, 1.807) is 18.2 Å². The minimum Gasteiger partial charge on any atom is -0.479 e. The second-order valence-electron chi connectivity index (χ2n) is 7.65. The zero-order valence-corrected chi connectivity index (χ0v) is 19.2. The third kappa shape index (κ3) is 3.96. The summed E-state index contributed by atoms with van der Waals surface area (Å²) in [5.41, 5.74) is 1.20. The highest BCUT2D eigenvalue weighted by molar-refractivity contribution is 7.81. The van der Waals surface area contributed by atoms with Crippen molar-refractivity contribution >= 4 is 50.9 Å². The van der Waals surface area contributed by atoms with Crippen LogP contribution >= 0.6 is 22.9 Å². The summed E-state index contributed by atoms with van der Waals surface area (Å²) >= 11 is 4.73. The number of rotatable bonds is 7. The Labute approximate surface area is 192 Å². The monoisotopic (exact) mass is 476 g/mol. The summed E-state index contributed by atoms with van der Waals surface area (Å²) < 4.78 is 23.6. The predicted molar refractivity (Wildman–Crippen MR) is 127 cm³/mol. The second kappa shape index (κ2) is 8.27. The van der Waals surface area contributed by atoms with Gasteiger partial charge in [0, 0.05) is 35.6 Å². The van der Waals surface area contributed by atoms with Crippen LogP contribution in [0.5, 0.6) is 0 Å². The lowest BCUT2D eigenvalue weighted by atomic mass is 10.0. The Balaban J connectivity index is 1.72. The standard InChI is InChI=1S/C22H21ClN2O4S2/c1-24(2)17-5-3-4-15(12-17)18-13-22(18,21(26)27)25(31(28)29)20-11-10-19(30-20)14-6-8-16(23)9-7-14/h3-12,18H,13H2,1-2H3,(H,26,27)(H,28,29). The van der Waals surface area contributed by atoms with E-state index in [0.29, 0.717) is 10.0 Å². The average Bonchev–Trinajstić information content (AvgIpc) is 3.30. The third-order valence-corrected chi connectivity index (χ3v) is 7.85. The molecule has 2 N–H and O–H groups in total.